The van der Waals surface area contributed by atoms with Crippen molar-refractivity contribution in [3.8, 4) is 12.3 Å². The molecule has 1 nitrogen and oxygen atoms in total. The van der Waals surface area contributed by atoms with Crippen molar-refractivity contribution in [2.24, 2.45) is 5.73 Å². The maximum Gasteiger partial charge on any atom is 0.0235 e. The third-order valence-electron chi connectivity index (χ3n) is 0.440. The molecule has 0 aromatic heterocycles. The second kappa shape index (κ2) is 2.74. The highest BCUT2D eigenvalue weighted by molar-refractivity contribution is 4.86. The fourth-order valence-corrected chi connectivity index (χ4v) is 0.186. The van der Waals surface area contributed by atoms with Crippen LogP contribution >= 0.6 is 0 Å². The van der Waals surface area contributed by atoms with E-state index in [4.69, 9.17) is 12.2 Å². The predicted molar refractivity (Wildman–Crippen MR) is 27.1 cm³/mol. The topological polar surface area (TPSA) is 26.0 Å². The Morgan fingerprint density at radius 2 is 2.50 bits per heavy atom. The maximum absolute atomic E-state index is 5.26. The summed E-state index contributed by atoms with van der Waals surface area (Å²) in [7, 11) is 0. The van der Waals surface area contributed by atoms with E-state index in [1.807, 2.05) is 6.92 Å². The predicted octanol–water partition coefficient (Wildman–Crippen LogP) is 0.357. The van der Waals surface area contributed by atoms with Gasteiger partial charge in [-0.1, -0.05) is 0 Å². The number of hydrogen-bond acceptors (Lipinski definition) is 1. The smallest absolute Gasteiger partial charge is 0.0235 e. The van der Waals surface area contributed by atoms with Gasteiger partial charge in [-0.15, -0.1) is 12.3 Å². The van der Waals surface area contributed by atoms with E-state index in [0.29, 0.717) is 6.42 Å². The van der Waals surface area contributed by atoms with Crippen molar-refractivity contribution in [2.45, 2.75) is 19.4 Å². The van der Waals surface area contributed by atoms with Crippen LogP contribution in [0.5, 0.6) is 0 Å². The first-order chi connectivity index (χ1) is 2.77. The van der Waals surface area contributed by atoms with Crippen LogP contribution in [0.15, 0.2) is 0 Å². The lowest BCUT2D eigenvalue weighted by molar-refractivity contribution is 0.771. The van der Waals surface area contributed by atoms with Gasteiger partial charge < -0.3 is 5.73 Å². The molecule has 0 aliphatic carbocycles. The van der Waals surface area contributed by atoms with Gasteiger partial charge in [0.15, 0.2) is 0 Å². The van der Waals surface area contributed by atoms with Gasteiger partial charge in [0.05, 0.1) is 0 Å². The Morgan fingerprint density at radius 3 is 2.50 bits per heavy atom. The van der Waals surface area contributed by atoms with Crippen molar-refractivity contribution in [1.82, 2.24) is 0 Å². The van der Waals surface area contributed by atoms with Gasteiger partial charge in [0.2, 0.25) is 0 Å². The summed E-state index contributed by atoms with van der Waals surface area (Å²) >= 11 is 0. The van der Waals surface area contributed by atoms with E-state index < -0.39 is 0 Å². The number of terminal acetylenes is 1. The third-order valence-corrected chi connectivity index (χ3v) is 0.440. The molecule has 6 heavy (non-hydrogen) atoms. The second-order valence-electron chi connectivity index (χ2n) is 1.39. The lowest BCUT2D eigenvalue weighted by Gasteiger charge is -1.91. The molecular weight excluding hydrogens is 74.1 g/mol. The largest absolute Gasteiger partial charge is 0.327 e. The van der Waals surface area contributed by atoms with Gasteiger partial charge in [-0.2, -0.15) is 0 Å². The van der Waals surface area contributed by atoms with E-state index in [2.05, 4.69) is 5.92 Å². The van der Waals surface area contributed by atoms with Gasteiger partial charge in [-0.25, -0.2) is 0 Å². The Hall–Kier alpha value is -0.480. The van der Waals surface area contributed by atoms with Crippen LogP contribution in [0, 0.1) is 12.3 Å². The van der Waals surface area contributed by atoms with E-state index in [1.54, 1.807) is 0 Å². The SMILES string of the molecule is C#CC[C@@H](C)N. The van der Waals surface area contributed by atoms with E-state index in [1.165, 1.54) is 0 Å². The van der Waals surface area contributed by atoms with Crippen molar-refractivity contribution in [3.05, 3.63) is 0 Å². The first-order valence-electron chi connectivity index (χ1n) is 1.96. The molecule has 0 fully saturated rings. The Bertz CT molecular complexity index is 58.8. The van der Waals surface area contributed by atoms with E-state index >= 15 is 0 Å². The van der Waals surface area contributed by atoms with Crippen molar-refractivity contribution in [3.63, 3.8) is 0 Å². The zero-order chi connectivity index (χ0) is 4.99. The van der Waals surface area contributed by atoms with Crippen molar-refractivity contribution >= 4 is 0 Å². The van der Waals surface area contributed by atoms with Crippen LogP contribution in [0.25, 0.3) is 0 Å². The highest BCUT2D eigenvalue weighted by Gasteiger charge is 1.83. The normalized spacial score (nSPS) is 12.8. The zero-order valence-electron chi connectivity index (χ0n) is 3.94. The van der Waals surface area contributed by atoms with E-state index in [0.717, 1.165) is 0 Å². The number of hydrogen-bond donors (Lipinski definition) is 1. The molecule has 0 aliphatic heterocycles. The van der Waals surface area contributed by atoms with Crippen molar-refractivity contribution in [2.75, 3.05) is 0 Å². The minimum Gasteiger partial charge on any atom is -0.327 e. The minimum atomic E-state index is 0.162. The first kappa shape index (κ1) is 5.52. The van der Waals surface area contributed by atoms with Crippen LogP contribution in [0.2, 0.25) is 0 Å². The van der Waals surface area contributed by atoms with Crippen LogP contribution < -0.4 is 5.73 Å². The Balaban J connectivity index is 2.88. The summed E-state index contributed by atoms with van der Waals surface area (Å²) in [6, 6.07) is 0.162. The maximum atomic E-state index is 5.26. The summed E-state index contributed by atoms with van der Waals surface area (Å²) in [6.45, 7) is 1.89. The molecule has 34 valence electrons. The zero-order valence-corrected chi connectivity index (χ0v) is 3.94. The fourth-order valence-electron chi connectivity index (χ4n) is 0.186. The summed E-state index contributed by atoms with van der Waals surface area (Å²) in [5, 5.41) is 0. The molecule has 0 aromatic rings. The van der Waals surface area contributed by atoms with Crippen LogP contribution in [0.4, 0.5) is 0 Å². The molecule has 0 spiro atoms. The third kappa shape index (κ3) is 3.52. The Morgan fingerprint density at radius 1 is 2.00 bits per heavy atom. The van der Waals surface area contributed by atoms with Crippen molar-refractivity contribution < 1.29 is 0 Å². The van der Waals surface area contributed by atoms with Gasteiger partial charge in [-0.05, 0) is 6.92 Å². The highest BCUT2D eigenvalue weighted by Crippen LogP contribution is 1.77. The lowest BCUT2D eigenvalue weighted by atomic mass is 10.3. The molecule has 2 N–H and O–H groups in total. The number of nitrogens with two attached hydrogens (primary N) is 1. The molecule has 1 atom stereocenters. The van der Waals surface area contributed by atoms with Gasteiger partial charge in [-0.3, -0.25) is 0 Å². The van der Waals surface area contributed by atoms with Gasteiger partial charge >= 0.3 is 0 Å². The molecule has 0 aromatic carbocycles. The molecular formula is C5H9N. The molecule has 0 heterocycles. The second-order valence-corrected chi connectivity index (χ2v) is 1.39. The fraction of sp³-hybridized carbons (Fsp3) is 0.600. The summed E-state index contributed by atoms with van der Waals surface area (Å²) in [5.74, 6) is 2.44. The lowest BCUT2D eigenvalue weighted by Crippen LogP contribution is -2.12. The van der Waals surface area contributed by atoms with Crippen LogP contribution in [0.1, 0.15) is 13.3 Å². The van der Waals surface area contributed by atoms with Crippen LogP contribution in [-0.2, 0) is 0 Å². The molecule has 0 saturated heterocycles. The Labute approximate surface area is 38.5 Å². The molecule has 0 aliphatic rings. The molecule has 0 amide bonds. The van der Waals surface area contributed by atoms with Gasteiger partial charge in [0, 0.05) is 12.5 Å². The molecule has 1 heteroatoms. The summed E-state index contributed by atoms with van der Waals surface area (Å²) in [5.41, 5.74) is 5.26. The van der Waals surface area contributed by atoms with Gasteiger partial charge in [0.1, 0.15) is 0 Å². The summed E-state index contributed by atoms with van der Waals surface area (Å²) in [4.78, 5) is 0. The molecule has 0 rings (SSSR count). The first-order valence-corrected chi connectivity index (χ1v) is 1.96. The summed E-state index contributed by atoms with van der Waals surface area (Å²) in [6.07, 6.45) is 5.58. The minimum absolute atomic E-state index is 0.162. The molecule has 0 unspecified atom stereocenters. The van der Waals surface area contributed by atoms with Gasteiger partial charge in [0.25, 0.3) is 0 Å². The van der Waals surface area contributed by atoms with Crippen LogP contribution in [0.3, 0.4) is 0 Å². The summed E-state index contributed by atoms with van der Waals surface area (Å²) < 4.78 is 0. The molecule has 0 saturated carbocycles. The average molecular weight is 83.1 g/mol. The molecule has 0 bridgehead atoms. The quantitative estimate of drug-likeness (QED) is 0.455. The van der Waals surface area contributed by atoms with E-state index in [9.17, 15) is 0 Å². The Kier molecular flexibility index (Phi) is 2.52. The highest BCUT2D eigenvalue weighted by atomic mass is 14.6. The number of rotatable bonds is 1. The van der Waals surface area contributed by atoms with E-state index in [-0.39, 0.29) is 6.04 Å². The van der Waals surface area contributed by atoms with Crippen molar-refractivity contribution in [1.29, 1.82) is 0 Å². The molecule has 0 radical (unpaired) electrons. The standard InChI is InChI=1S/C5H9N/c1-3-4-5(2)6/h1,5H,4,6H2,2H3/t5-/m1/s1. The van der Waals surface area contributed by atoms with Crippen LogP contribution in [-0.4, -0.2) is 6.04 Å². The average Bonchev–Trinajstić information content (AvgIpc) is 1.35. The monoisotopic (exact) mass is 83.1 g/mol.